The highest BCUT2D eigenvalue weighted by Crippen LogP contribution is 2.25. The quantitative estimate of drug-likeness (QED) is 0.526. The lowest BCUT2D eigenvalue weighted by molar-refractivity contribution is -0.154. The smallest absolute Gasteiger partial charge is 0.422 e. The molecule has 1 aliphatic heterocycles. The van der Waals surface area contributed by atoms with Crippen LogP contribution < -0.4 is 10.1 Å². The monoisotopic (exact) mass is 504 g/mol. The second-order valence-corrected chi connectivity index (χ2v) is 8.99. The number of hydrogen-bond acceptors (Lipinski definition) is 6. The summed E-state index contributed by atoms with van der Waals surface area (Å²) >= 11 is 0. The molecule has 1 fully saturated rings. The van der Waals surface area contributed by atoms with Gasteiger partial charge in [-0.2, -0.15) is 18.3 Å². The average Bonchev–Trinajstić information content (AvgIpc) is 3.22. The fourth-order valence-corrected chi connectivity index (χ4v) is 4.27. The number of carbonyl (C=O) groups excluding carboxylic acids is 2. The number of alkyl halides is 3. The van der Waals surface area contributed by atoms with Crippen molar-refractivity contribution in [1.29, 1.82) is 0 Å². The lowest BCUT2D eigenvalue weighted by atomic mass is 9.93. The Bertz CT molecular complexity index is 1250. The van der Waals surface area contributed by atoms with Crippen LogP contribution in [0, 0.1) is 12.8 Å². The molecule has 36 heavy (non-hydrogen) atoms. The number of anilines is 1. The highest BCUT2D eigenvalue weighted by atomic mass is 19.4. The fourth-order valence-electron chi connectivity index (χ4n) is 4.27. The summed E-state index contributed by atoms with van der Waals surface area (Å²) in [5.74, 6) is 0.472. The van der Waals surface area contributed by atoms with Gasteiger partial charge in [-0.15, -0.1) is 0 Å². The predicted octanol–water partition coefficient (Wildman–Crippen LogP) is 3.71. The molecule has 192 valence electrons. The van der Waals surface area contributed by atoms with E-state index in [0.717, 1.165) is 18.4 Å². The first-order valence-electron chi connectivity index (χ1n) is 11.6. The summed E-state index contributed by atoms with van der Waals surface area (Å²) in [5.41, 5.74) is 1.86. The Hall–Kier alpha value is -3.70. The molecule has 4 heterocycles. The molecule has 0 bridgehead atoms. The molecule has 12 heteroatoms. The minimum Gasteiger partial charge on any atom is -0.468 e. The minimum absolute atomic E-state index is 0.0578. The van der Waals surface area contributed by atoms with Crippen LogP contribution in [0.15, 0.2) is 30.7 Å². The van der Waals surface area contributed by atoms with Crippen molar-refractivity contribution in [2.24, 2.45) is 5.92 Å². The van der Waals surface area contributed by atoms with Gasteiger partial charge in [0.1, 0.15) is 5.82 Å². The molecule has 0 atom stereocenters. The van der Waals surface area contributed by atoms with Crippen molar-refractivity contribution >= 4 is 28.5 Å². The number of nitrogens with one attached hydrogen (secondary N) is 1. The third kappa shape index (κ3) is 6.49. The van der Waals surface area contributed by atoms with Crippen LogP contribution in [0.1, 0.15) is 37.3 Å². The van der Waals surface area contributed by atoms with Crippen LogP contribution >= 0.6 is 0 Å². The number of rotatable bonds is 7. The third-order valence-electron chi connectivity index (χ3n) is 6.08. The van der Waals surface area contributed by atoms with Crippen LogP contribution in [-0.2, 0) is 16.1 Å². The minimum atomic E-state index is -4.43. The van der Waals surface area contributed by atoms with E-state index in [2.05, 4.69) is 20.4 Å². The second kappa shape index (κ2) is 10.5. The fraction of sp³-hybridized carbons (Fsp3) is 0.458. The first kappa shape index (κ1) is 25.4. The molecule has 4 rings (SSSR count). The number of pyridine rings is 2. The number of likely N-dealkylation sites (tertiary alicyclic amines) is 1. The Morgan fingerprint density at radius 1 is 1.22 bits per heavy atom. The average molecular weight is 505 g/mol. The van der Waals surface area contributed by atoms with Crippen molar-refractivity contribution < 1.29 is 27.5 Å². The van der Waals surface area contributed by atoms with Gasteiger partial charge in [-0.25, -0.2) is 9.97 Å². The normalized spacial score (nSPS) is 14.8. The number of amides is 2. The van der Waals surface area contributed by atoms with Gasteiger partial charge in [0.05, 0.1) is 17.4 Å². The van der Waals surface area contributed by atoms with E-state index in [1.54, 1.807) is 48.0 Å². The van der Waals surface area contributed by atoms with Crippen molar-refractivity contribution in [3.05, 3.63) is 41.9 Å². The molecule has 0 aliphatic carbocycles. The summed E-state index contributed by atoms with van der Waals surface area (Å²) in [7, 11) is 0. The molecule has 0 radical (unpaired) electrons. The van der Waals surface area contributed by atoms with Gasteiger partial charge in [0, 0.05) is 50.6 Å². The van der Waals surface area contributed by atoms with Gasteiger partial charge in [0.15, 0.2) is 6.61 Å². The molecule has 9 nitrogen and oxygen atoms in total. The SMILES string of the molecule is CC(=O)N1CCC(CC(=O)Nc2nccc3nn(Cc4cnc(OCC(F)(F)F)c(C)c4)cc23)CC1. The van der Waals surface area contributed by atoms with Crippen LogP contribution in [0.25, 0.3) is 10.9 Å². The summed E-state index contributed by atoms with van der Waals surface area (Å²) in [4.78, 5) is 34.3. The van der Waals surface area contributed by atoms with Crippen molar-refractivity contribution in [2.75, 3.05) is 25.0 Å². The number of piperidine rings is 1. The Morgan fingerprint density at radius 2 is 1.97 bits per heavy atom. The highest BCUT2D eigenvalue weighted by Gasteiger charge is 2.29. The van der Waals surface area contributed by atoms with Gasteiger partial charge in [-0.1, -0.05) is 0 Å². The Morgan fingerprint density at radius 3 is 2.64 bits per heavy atom. The maximum Gasteiger partial charge on any atom is 0.422 e. The first-order valence-corrected chi connectivity index (χ1v) is 11.6. The predicted molar refractivity (Wildman–Crippen MR) is 125 cm³/mol. The number of ether oxygens (including phenoxy) is 1. The third-order valence-corrected chi connectivity index (χ3v) is 6.08. The molecule has 0 unspecified atom stereocenters. The number of halogens is 3. The van der Waals surface area contributed by atoms with E-state index in [-0.39, 0.29) is 23.6 Å². The molecular weight excluding hydrogens is 477 g/mol. The van der Waals surface area contributed by atoms with E-state index in [1.807, 2.05) is 0 Å². The summed E-state index contributed by atoms with van der Waals surface area (Å²) < 4.78 is 43.6. The number of carbonyl (C=O) groups is 2. The molecule has 0 aromatic carbocycles. The molecule has 1 N–H and O–H groups in total. The van der Waals surface area contributed by atoms with Gasteiger partial charge < -0.3 is 15.0 Å². The first-order chi connectivity index (χ1) is 17.1. The molecule has 0 spiro atoms. The van der Waals surface area contributed by atoms with Crippen LogP contribution in [0.3, 0.4) is 0 Å². The van der Waals surface area contributed by atoms with Gasteiger partial charge in [0.2, 0.25) is 17.7 Å². The van der Waals surface area contributed by atoms with Crippen molar-refractivity contribution in [3.8, 4) is 5.88 Å². The van der Waals surface area contributed by atoms with E-state index >= 15 is 0 Å². The highest BCUT2D eigenvalue weighted by molar-refractivity contribution is 5.99. The van der Waals surface area contributed by atoms with Crippen molar-refractivity contribution in [2.45, 2.75) is 45.8 Å². The van der Waals surface area contributed by atoms with Crippen molar-refractivity contribution in [1.82, 2.24) is 24.6 Å². The Balaban J connectivity index is 1.39. The zero-order valence-electron chi connectivity index (χ0n) is 20.0. The second-order valence-electron chi connectivity index (χ2n) is 8.99. The number of aromatic nitrogens is 4. The van der Waals surface area contributed by atoms with E-state index < -0.39 is 12.8 Å². The summed E-state index contributed by atoms with van der Waals surface area (Å²) in [5, 5.41) is 8.07. The van der Waals surface area contributed by atoms with Crippen LogP contribution in [0.2, 0.25) is 0 Å². The lowest BCUT2D eigenvalue weighted by Crippen LogP contribution is -2.37. The van der Waals surface area contributed by atoms with Gasteiger partial charge in [-0.3, -0.25) is 14.3 Å². The zero-order valence-corrected chi connectivity index (χ0v) is 20.0. The Kier molecular flexibility index (Phi) is 7.41. The van der Waals surface area contributed by atoms with Crippen molar-refractivity contribution in [3.63, 3.8) is 0 Å². The zero-order chi connectivity index (χ0) is 25.9. The molecule has 1 saturated heterocycles. The van der Waals surface area contributed by atoms with E-state index in [0.29, 0.717) is 48.3 Å². The van der Waals surface area contributed by atoms with Crippen LogP contribution in [0.4, 0.5) is 19.0 Å². The van der Waals surface area contributed by atoms with E-state index in [4.69, 9.17) is 4.74 Å². The summed E-state index contributed by atoms with van der Waals surface area (Å²) in [6, 6.07) is 3.43. The largest absolute Gasteiger partial charge is 0.468 e. The van der Waals surface area contributed by atoms with Gasteiger partial charge in [0.25, 0.3) is 0 Å². The summed E-state index contributed by atoms with van der Waals surface area (Å²) in [6.45, 7) is 3.44. The van der Waals surface area contributed by atoms with Gasteiger partial charge >= 0.3 is 6.18 Å². The molecular formula is C24H27F3N6O3. The Labute approximate surface area is 205 Å². The molecule has 0 saturated carbocycles. The molecule has 3 aromatic heterocycles. The van der Waals surface area contributed by atoms with E-state index in [9.17, 15) is 22.8 Å². The van der Waals surface area contributed by atoms with Crippen LogP contribution in [0.5, 0.6) is 5.88 Å². The van der Waals surface area contributed by atoms with E-state index in [1.165, 1.54) is 6.20 Å². The number of aryl methyl sites for hydroxylation is 1. The number of nitrogens with zero attached hydrogens (tertiary/aromatic N) is 5. The maximum absolute atomic E-state index is 12.7. The van der Waals surface area contributed by atoms with Crippen LogP contribution in [-0.4, -0.2) is 62.3 Å². The molecule has 3 aromatic rings. The van der Waals surface area contributed by atoms with Gasteiger partial charge in [-0.05, 0) is 43.4 Å². The number of fused-ring (bicyclic) bond motifs is 1. The standard InChI is InChI=1S/C24H27F3N6O3/c1-15-9-18(11-29-23(15)36-14-24(25,26)27)12-33-13-19-20(31-33)3-6-28-22(19)30-21(35)10-17-4-7-32(8-5-17)16(2)34/h3,6,9,11,13,17H,4-5,7-8,10,12,14H2,1-2H3,(H,28,30,35). The molecule has 2 amide bonds. The maximum atomic E-state index is 12.7. The number of hydrogen-bond donors (Lipinski definition) is 1. The summed E-state index contributed by atoms with van der Waals surface area (Å²) in [6.07, 6.45) is 2.27. The topological polar surface area (TPSA) is 102 Å². The molecule has 1 aliphatic rings. The lowest BCUT2D eigenvalue weighted by Gasteiger charge is -2.30.